The molecule has 0 radical (unpaired) electrons. The highest BCUT2D eigenvalue weighted by Gasteiger charge is 2.31. The summed E-state index contributed by atoms with van der Waals surface area (Å²) < 4.78 is 22.8. The maximum absolute atomic E-state index is 12.7. The van der Waals surface area contributed by atoms with Crippen molar-refractivity contribution in [2.75, 3.05) is 13.2 Å². The molecule has 0 bridgehead atoms. The summed E-state index contributed by atoms with van der Waals surface area (Å²) in [5.74, 6) is 1.22. The number of rotatable bonds is 10. The van der Waals surface area contributed by atoms with Crippen molar-refractivity contribution in [2.24, 2.45) is 5.73 Å². The van der Waals surface area contributed by atoms with E-state index in [-0.39, 0.29) is 5.88 Å². The molecule has 1 heterocycles. The monoisotopic (exact) mass is 498 g/mol. The Hall–Kier alpha value is -4.44. The summed E-state index contributed by atoms with van der Waals surface area (Å²) in [6.07, 6.45) is 2.91. The number of esters is 1. The molecule has 0 amide bonds. The third-order valence-corrected chi connectivity index (χ3v) is 5.92. The summed E-state index contributed by atoms with van der Waals surface area (Å²) >= 11 is 0. The van der Waals surface area contributed by atoms with Gasteiger partial charge in [-0.15, -0.1) is 0 Å². The van der Waals surface area contributed by atoms with Gasteiger partial charge in [-0.25, -0.2) is 4.79 Å². The van der Waals surface area contributed by atoms with Crippen LogP contribution in [0.4, 0.5) is 0 Å². The summed E-state index contributed by atoms with van der Waals surface area (Å²) in [7, 11) is 0. The summed E-state index contributed by atoms with van der Waals surface area (Å²) in [6.45, 7) is 5.37. The molecule has 0 aliphatic carbocycles. The fraction of sp³-hybridized carbons (Fsp3) is 0.267. The molecule has 0 saturated heterocycles. The summed E-state index contributed by atoms with van der Waals surface area (Å²) in [5, 5.41) is 9.83. The van der Waals surface area contributed by atoms with Gasteiger partial charge in [-0.1, -0.05) is 38.5 Å². The quantitative estimate of drug-likeness (QED) is 0.205. The molecule has 7 nitrogen and oxygen atoms in total. The number of unbranched alkanes of at least 4 members (excludes halogenated alkanes) is 1. The second-order valence-corrected chi connectivity index (χ2v) is 8.66. The molecule has 2 N–H and O–H groups in total. The van der Waals surface area contributed by atoms with E-state index < -0.39 is 11.9 Å². The van der Waals surface area contributed by atoms with Gasteiger partial charge in [0.25, 0.3) is 0 Å². The van der Waals surface area contributed by atoms with Crippen molar-refractivity contribution in [3.8, 4) is 29.1 Å². The first kappa shape index (κ1) is 25.6. The maximum atomic E-state index is 12.7. The van der Waals surface area contributed by atoms with Crippen LogP contribution in [0.15, 0.2) is 78.2 Å². The van der Waals surface area contributed by atoms with E-state index in [9.17, 15) is 10.1 Å². The van der Waals surface area contributed by atoms with E-state index in [2.05, 4.69) is 13.0 Å². The van der Waals surface area contributed by atoms with Crippen LogP contribution in [0.5, 0.6) is 23.0 Å². The summed E-state index contributed by atoms with van der Waals surface area (Å²) in [4.78, 5) is 12.7. The van der Waals surface area contributed by atoms with Crippen LogP contribution in [-0.2, 0) is 0 Å². The van der Waals surface area contributed by atoms with Gasteiger partial charge in [-0.3, -0.25) is 0 Å². The van der Waals surface area contributed by atoms with Gasteiger partial charge in [0.1, 0.15) is 34.6 Å². The zero-order chi connectivity index (χ0) is 26.2. The highest BCUT2D eigenvalue weighted by Crippen LogP contribution is 2.44. The fourth-order valence-corrected chi connectivity index (χ4v) is 4.03. The zero-order valence-electron chi connectivity index (χ0n) is 21.0. The number of benzene rings is 3. The third kappa shape index (κ3) is 6.04. The van der Waals surface area contributed by atoms with E-state index in [1.54, 1.807) is 42.5 Å². The first-order valence-electron chi connectivity index (χ1n) is 12.4. The van der Waals surface area contributed by atoms with Gasteiger partial charge in [0.15, 0.2) is 0 Å². The molecular formula is C30H30N2O5. The summed E-state index contributed by atoms with van der Waals surface area (Å²) in [5.41, 5.74) is 8.44. The molecule has 1 aliphatic heterocycles. The predicted octanol–water partition coefficient (Wildman–Crippen LogP) is 6.09. The van der Waals surface area contributed by atoms with Crippen molar-refractivity contribution in [3.63, 3.8) is 0 Å². The second-order valence-electron chi connectivity index (χ2n) is 8.66. The number of fused-ring (bicyclic) bond motifs is 1. The highest BCUT2D eigenvalue weighted by atomic mass is 16.5. The van der Waals surface area contributed by atoms with Crippen molar-refractivity contribution >= 4 is 5.97 Å². The Balaban J connectivity index is 1.55. The van der Waals surface area contributed by atoms with Crippen LogP contribution in [0.2, 0.25) is 0 Å². The Morgan fingerprint density at radius 2 is 1.70 bits per heavy atom. The molecule has 1 atom stereocenters. The van der Waals surface area contributed by atoms with E-state index in [1.807, 2.05) is 31.2 Å². The molecule has 1 unspecified atom stereocenters. The Labute approximate surface area is 217 Å². The number of ether oxygens (including phenoxy) is 4. The number of carbonyl (C=O) groups is 1. The number of hydrogen-bond acceptors (Lipinski definition) is 7. The minimum atomic E-state index is -0.505. The maximum Gasteiger partial charge on any atom is 0.343 e. The van der Waals surface area contributed by atoms with Crippen LogP contribution >= 0.6 is 0 Å². The molecule has 190 valence electrons. The lowest BCUT2D eigenvalue weighted by Gasteiger charge is -2.27. The average Bonchev–Trinajstić information content (AvgIpc) is 2.91. The van der Waals surface area contributed by atoms with Gasteiger partial charge in [-0.05, 0) is 60.9 Å². The second kappa shape index (κ2) is 12.0. The highest BCUT2D eigenvalue weighted by molar-refractivity contribution is 5.91. The lowest BCUT2D eigenvalue weighted by molar-refractivity contribution is 0.0734. The molecule has 0 saturated carbocycles. The van der Waals surface area contributed by atoms with Crippen LogP contribution in [0.1, 0.15) is 60.5 Å². The minimum Gasteiger partial charge on any atom is -0.494 e. The first-order valence-corrected chi connectivity index (χ1v) is 12.4. The lowest BCUT2D eigenvalue weighted by atomic mass is 9.83. The lowest BCUT2D eigenvalue weighted by Crippen LogP contribution is -2.21. The number of carbonyl (C=O) groups excluding carboxylic acids is 1. The van der Waals surface area contributed by atoms with Crippen LogP contribution in [0, 0.1) is 11.3 Å². The molecular weight excluding hydrogens is 468 g/mol. The van der Waals surface area contributed by atoms with Crippen LogP contribution in [-0.4, -0.2) is 19.2 Å². The van der Waals surface area contributed by atoms with Gasteiger partial charge in [0.2, 0.25) is 5.88 Å². The topological polar surface area (TPSA) is 104 Å². The van der Waals surface area contributed by atoms with Crippen molar-refractivity contribution in [3.05, 3.63) is 94.9 Å². The smallest absolute Gasteiger partial charge is 0.343 e. The van der Waals surface area contributed by atoms with Crippen molar-refractivity contribution < 1.29 is 23.7 Å². The van der Waals surface area contributed by atoms with Crippen molar-refractivity contribution in [1.82, 2.24) is 0 Å². The van der Waals surface area contributed by atoms with Crippen LogP contribution in [0.25, 0.3) is 0 Å². The van der Waals surface area contributed by atoms with Crippen molar-refractivity contribution in [1.29, 1.82) is 5.26 Å². The normalized spacial score (nSPS) is 14.2. The van der Waals surface area contributed by atoms with E-state index >= 15 is 0 Å². The van der Waals surface area contributed by atoms with Crippen LogP contribution < -0.4 is 24.7 Å². The minimum absolute atomic E-state index is 0.0158. The molecule has 3 aromatic rings. The fourth-order valence-electron chi connectivity index (χ4n) is 4.03. The van der Waals surface area contributed by atoms with Crippen LogP contribution in [0.3, 0.4) is 0 Å². The third-order valence-electron chi connectivity index (χ3n) is 5.92. The molecule has 3 aromatic carbocycles. The van der Waals surface area contributed by atoms with Gasteiger partial charge in [0, 0.05) is 11.6 Å². The largest absolute Gasteiger partial charge is 0.494 e. The van der Waals surface area contributed by atoms with Gasteiger partial charge >= 0.3 is 5.97 Å². The van der Waals surface area contributed by atoms with E-state index in [1.165, 1.54) is 0 Å². The summed E-state index contributed by atoms with van der Waals surface area (Å²) in [6, 6.07) is 21.7. The first-order chi connectivity index (χ1) is 18.0. The van der Waals surface area contributed by atoms with E-state index in [0.29, 0.717) is 41.6 Å². The van der Waals surface area contributed by atoms with E-state index in [0.717, 1.165) is 36.1 Å². The average molecular weight is 499 g/mol. The van der Waals surface area contributed by atoms with Gasteiger partial charge in [-0.2, -0.15) is 5.26 Å². The number of hydrogen-bond donors (Lipinski definition) is 1. The molecule has 7 heteroatoms. The standard InChI is InChI=1S/C30H30N2O5/c1-3-5-16-35-22-11-9-20(10-12-22)30(33)36-24-13-14-25-27(18-24)37-29(32)26(19-31)28(25)21-7-6-8-23(17-21)34-15-4-2/h6-14,17-18,28H,3-5,15-16,32H2,1-2H3. The number of nitrogens with zero attached hydrogens (tertiary/aromatic N) is 1. The molecule has 0 spiro atoms. The Bertz CT molecular complexity index is 1320. The Morgan fingerprint density at radius 1 is 0.946 bits per heavy atom. The van der Waals surface area contributed by atoms with Gasteiger partial charge < -0.3 is 24.7 Å². The number of allylic oxidation sites excluding steroid dienone is 1. The molecule has 0 fully saturated rings. The zero-order valence-corrected chi connectivity index (χ0v) is 21.0. The van der Waals surface area contributed by atoms with Gasteiger partial charge in [0.05, 0.1) is 24.7 Å². The number of nitrogens with two attached hydrogens (primary N) is 1. The molecule has 0 aromatic heterocycles. The molecule has 37 heavy (non-hydrogen) atoms. The molecule has 1 aliphatic rings. The SMILES string of the molecule is CCCCOc1ccc(C(=O)Oc2ccc3c(c2)OC(N)=C(C#N)C3c2cccc(OCCC)c2)cc1. The predicted molar refractivity (Wildman–Crippen MR) is 140 cm³/mol. The number of nitriles is 1. The Morgan fingerprint density at radius 3 is 2.43 bits per heavy atom. The van der Waals surface area contributed by atoms with Crippen molar-refractivity contribution in [2.45, 2.75) is 39.0 Å². The Kier molecular flexibility index (Phi) is 8.32. The van der Waals surface area contributed by atoms with E-state index in [4.69, 9.17) is 24.7 Å². The molecule has 4 rings (SSSR count).